The molecule has 0 fully saturated rings. The van der Waals surface area contributed by atoms with Crippen LogP contribution in [0.1, 0.15) is 25.1 Å². The number of benzene rings is 1. The maximum atomic E-state index is 13.6. The third kappa shape index (κ3) is 4.14. The van der Waals surface area contributed by atoms with E-state index in [9.17, 15) is 4.39 Å². The number of hydrogen-bond acceptors (Lipinski definition) is 2. The van der Waals surface area contributed by atoms with E-state index in [4.69, 9.17) is 0 Å². The Bertz CT molecular complexity index is 551. The zero-order valence-corrected chi connectivity index (χ0v) is 12.6. The molecular weight excluding hydrogens is 309 g/mol. The van der Waals surface area contributed by atoms with E-state index in [1.54, 1.807) is 16.8 Å². The minimum atomic E-state index is -0.208. The van der Waals surface area contributed by atoms with E-state index in [-0.39, 0.29) is 5.82 Å². The van der Waals surface area contributed by atoms with E-state index in [1.165, 1.54) is 6.07 Å². The molecule has 1 aromatic heterocycles. The van der Waals surface area contributed by atoms with Gasteiger partial charge in [-0.15, -0.1) is 0 Å². The van der Waals surface area contributed by atoms with Crippen LogP contribution in [0, 0.1) is 5.82 Å². The van der Waals surface area contributed by atoms with Crippen molar-refractivity contribution in [3.05, 3.63) is 52.0 Å². The summed E-state index contributed by atoms with van der Waals surface area (Å²) in [4.78, 5) is 0. The van der Waals surface area contributed by atoms with Crippen LogP contribution in [0.25, 0.3) is 0 Å². The van der Waals surface area contributed by atoms with Gasteiger partial charge in [-0.05, 0) is 24.3 Å². The fraction of sp³-hybridized carbons (Fsp3) is 0.357. The van der Waals surface area contributed by atoms with E-state index >= 15 is 0 Å². The van der Waals surface area contributed by atoms with Crippen molar-refractivity contribution < 1.29 is 4.39 Å². The topological polar surface area (TPSA) is 29.9 Å². The van der Waals surface area contributed by atoms with Gasteiger partial charge in [-0.25, -0.2) is 4.39 Å². The second-order valence-corrected chi connectivity index (χ2v) is 5.69. The molecule has 2 rings (SSSR count). The molecule has 0 bridgehead atoms. The number of aromatic nitrogens is 2. The van der Waals surface area contributed by atoms with Gasteiger partial charge < -0.3 is 5.32 Å². The molecule has 0 unspecified atom stereocenters. The summed E-state index contributed by atoms with van der Waals surface area (Å²) >= 11 is 3.35. The van der Waals surface area contributed by atoms with Crippen LogP contribution in [-0.4, -0.2) is 15.8 Å². The first kappa shape index (κ1) is 14.2. The molecule has 0 saturated carbocycles. The lowest BCUT2D eigenvalue weighted by atomic mass is 10.2. The SMILES string of the molecule is CC(C)NCc1ccn(Cc2cc(Br)ccc2F)n1. The Kier molecular flexibility index (Phi) is 4.71. The highest BCUT2D eigenvalue weighted by atomic mass is 79.9. The first-order valence-electron chi connectivity index (χ1n) is 6.24. The number of rotatable bonds is 5. The Morgan fingerprint density at radius 3 is 2.89 bits per heavy atom. The van der Waals surface area contributed by atoms with Crippen molar-refractivity contribution in [2.24, 2.45) is 0 Å². The first-order valence-corrected chi connectivity index (χ1v) is 7.03. The molecule has 0 aliphatic carbocycles. The van der Waals surface area contributed by atoms with Crippen molar-refractivity contribution in [1.29, 1.82) is 0 Å². The Labute approximate surface area is 121 Å². The normalized spacial score (nSPS) is 11.2. The Balaban J connectivity index is 2.05. The van der Waals surface area contributed by atoms with Crippen molar-refractivity contribution in [1.82, 2.24) is 15.1 Å². The maximum Gasteiger partial charge on any atom is 0.128 e. The standard InChI is InChI=1S/C14H17BrFN3/c1-10(2)17-8-13-5-6-19(18-13)9-11-7-12(15)3-4-14(11)16/h3-7,10,17H,8-9H2,1-2H3. The Morgan fingerprint density at radius 1 is 1.37 bits per heavy atom. The van der Waals surface area contributed by atoms with E-state index in [0.29, 0.717) is 18.2 Å². The smallest absolute Gasteiger partial charge is 0.128 e. The summed E-state index contributed by atoms with van der Waals surface area (Å²) in [5, 5.41) is 7.72. The third-order valence-electron chi connectivity index (χ3n) is 2.73. The summed E-state index contributed by atoms with van der Waals surface area (Å²) in [6.07, 6.45) is 1.87. The highest BCUT2D eigenvalue weighted by Crippen LogP contribution is 2.16. The molecule has 0 atom stereocenters. The fourth-order valence-corrected chi connectivity index (χ4v) is 2.14. The van der Waals surface area contributed by atoms with Gasteiger partial charge in [0.1, 0.15) is 5.82 Å². The lowest BCUT2D eigenvalue weighted by Crippen LogP contribution is -2.22. The van der Waals surface area contributed by atoms with Gasteiger partial charge in [0.2, 0.25) is 0 Å². The van der Waals surface area contributed by atoms with Crippen LogP contribution in [0.4, 0.5) is 4.39 Å². The number of nitrogens with one attached hydrogen (secondary N) is 1. The highest BCUT2D eigenvalue weighted by molar-refractivity contribution is 9.10. The third-order valence-corrected chi connectivity index (χ3v) is 3.22. The Hall–Kier alpha value is -1.20. The van der Waals surface area contributed by atoms with Gasteiger partial charge in [0.05, 0.1) is 12.2 Å². The molecule has 3 nitrogen and oxygen atoms in total. The van der Waals surface area contributed by atoms with Crippen LogP contribution in [-0.2, 0) is 13.1 Å². The van der Waals surface area contributed by atoms with E-state index in [2.05, 4.69) is 40.2 Å². The van der Waals surface area contributed by atoms with Crippen LogP contribution < -0.4 is 5.32 Å². The molecule has 5 heteroatoms. The fourth-order valence-electron chi connectivity index (χ4n) is 1.73. The van der Waals surface area contributed by atoms with Gasteiger partial charge in [0.15, 0.2) is 0 Å². The number of halogens is 2. The van der Waals surface area contributed by atoms with Crippen molar-refractivity contribution >= 4 is 15.9 Å². The highest BCUT2D eigenvalue weighted by Gasteiger charge is 2.05. The van der Waals surface area contributed by atoms with Crippen molar-refractivity contribution in [2.45, 2.75) is 33.0 Å². The van der Waals surface area contributed by atoms with E-state index in [0.717, 1.165) is 16.7 Å². The molecule has 0 spiro atoms. The molecule has 2 aromatic rings. The molecule has 102 valence electrons. The lowest BCUT2D eigenvalue weighted by Gasteiger charge is -2.06. The van der Waals surface area contributed by atoms with Gasteiger partial charge in [0.25, 0.3) is 0 Å². The zero-order valence-electron chi connectivity index (χ0n) is 11.0. The summed E-state index contributed by atoms with van der Waals surface area (Å²) in [6, 6.07) is 7.31. The number of hydrogen-bond donors (Lipinski definition) is 1. The average Bonchev–Trinajstić information content (AvgIpc) is 2.79. The number of nitrogens with zero attached hydrogens (tertiary/aromatic N) is 2. The first-order chi connectivity index (χ1) is 9.04. The molecule has 0 aliphatic rings. The van der Waals surface area contributed by atoms with Gasteiger partial charge in [0, 0.05) is 28.8 Å². The summed E-state index contributed by atoms with van der Waals surface area (Å²) in [6.45, 7) is 5.35. The van der Waals surface area contributed by atoms with Crippen molar-refractivity contribution in [3.63, 3.8) is 0 Å². The predicted molar refractivity (Wildman–Crippen MR) is 77.4 cm³/mol. The second-order valence-electron chi connectivity index (χ2n) is 4.78. The van der Waals surface area contributed by atoms with E-state index in [1.807, 2.05) is 12.3 Å². The van der Waals surface area contributed by atoms with Gasteiger partial charge in [-0.1, -0.05) is 29.8 Å². The molecule has 0 saturated heterocycles. The van der Waals surface area contributed by atoms with Gasteiger partial charge in [-0.2, -0.15) is 5.10 Å². The Morgan fingerprint density at radius 2 is 2.16 bits per heavy atom. The second kappa shape index (κ2) is 6.30. The molecule has 0 radical (unpaired) electrons. The summed E-state index contributed by atoms with van der Waals surface area (Å²) in [7, 11) is 0. The van der Waals surface area contributed by atoms with Crippen LogP contribution in [0.2, 0.25) is 0 Å². The van der Waals surface area contributed by atoms with Crippen LogP contribution >= 0.6 is 15.9 Å². The average molecular weight is 326 g/mol. The molecule has 1 N–H and O–H groups in total. The van der Waals surface area contributed by atoms with Gasteiger partial charge >= 0.3 is 0 Å². The van der Waals surface area contributed by atoms with Crippen molar-refractivity contribution in [2.75, 3.05) is 0 Å². The molecule has 1 aromatic carbocycles. The minimum absolute atomic E-state index is 0.208. The van der Waals surface area contributed by atoms with Crippen LogP contribution in [0.5, 0.6) is 0 Å². The van der Waals surface area contributed by atoms with Crippen molar-refractivity contribution in [3.8, 4) is 0 Å². The largest absolute Gasteiger partial charge is 0.309 e. The summed E-state index contributed by atoms with van der Waals surface area (Å²) in [5.41, 5.74) is 1.59. The predicted octanol–water partition coefficient (Wildman–Crippen LogP) is 3.33. The molecular formula is C14H17BrFN3. The minimum Gasteiger partial charge on any atom is -0.309 e. The quantitative estimate of drug-likeness (QED) is 0.913. The van der Waals surface area contributed by atoms with Crippen LogP contribution in [0.3, 0.4) is 0 Å². The molecule has 0 aliphatic heterocycles. The summed E-state index contributed by atoms with van der Waals surface area (Å²) < 4.78 is 16.3. The van der Waals surface area contributed by atoms with Gasteiger partial charge in [-0.3, -0.25) is 4.68 Å². The monoisotopic (exact) mass is 325 g/mol. The zero-order chi connectivity index (χ0) is 13.8. The molecule has 19 heavy (non-hydrogen) atoms. The molecule has 0 amide bonds. The lowest BCUT2D eigenvalue weighted by molar-refractivity contribution is 0.560. The van der Waals surface area contributed by atoms with E-state index < -0.39 is 0 Å². The maximum absolute atomic E-state index is 13.6. The van der Waals surface area contributed by atoms with Crippen LogP contribution in [0.15, 0.2) is 34.9 Å². The summed E-state index contributed by atoms with van der Waals surface area (Å²) in [5.74, 6) is -0.208. The molecule has 1 heterocycles.